The minimum Gasteiger partial charge on any atom is -0.347 e. The SMILES string of the molecule is CC1(C)OCC(CCBr)(CCBr)O1. The van der Waals surface area contributed by atoms with Crippen molar-refractivity contribution in [1.82, 2.24) is 0 Å². The lowest BCUT2D eigenvalue weighted by Crippen LogP contribution is -2.35. The van der Waals surface area contributed by atoms with Crippen molar-refractivity contribution in [1.29, 1.82) is 0 Å². The van der Waals surface area contributed by atoms with Gasteiger partial charge in [-0.3, -0.25) is 0 Å². The molecule has 0 aliphatic carbocycles. The molecule has 1 rings (SSSR count). The Morgan fingerprint density at radius 3 is 2.00 bits per heavy atom. The number of rotatable bonds is 4. The summed E-state index contributed by atoms with van der Waals surface area (Å²) < 4.78 is 11.5. The van der Waals surface area contributed by atoms with E-state index in [0.29, 0.717) is 6.61 Å². The minimum absolute atomic E-state index is 0.0868. The predicted octanol–water partition coefficient (Wildman–Crippen LogP) is 3.08. The van der Waals surface area contributed by atoms with Crippen molar-refractivity contribution >= 4 is 31.9 Å². The van der Waals surface area contributed by atoms with Crippen LogP contribution in [0.2, 0.25) is 0 Å². The smallest absolute Gasteiger partial charge is 0.163 e. The highest BCUT2D eigenvalue weighted by molar-refractivity contribution is 9.09. The third-order valence-corrected chi connectivity index (χ3v) is 3.04. The Morgan fingerprint density at radius 1 is 1.15 bits per heavy atom. The monoisotopic (exact) mass is 314 g/mol. The molecule has 1 fully saturated rings. The van der Waals surface area contributed by atoms with E-state index in [4.69, 9.17) is 9.47 Å². The minimum atomic E-state index is -0.412. The molecule has 78 valence electrons. The first-order chi connectivity index (χ1) is 6.04. The number of ether oxygens (including phenoxy) is 2. The van der Waals surface area contributed by atoms with E-state index in [2.05, 4.69) is 31.9 Å². The van der Waals surface area contributed by atoms with Crippen molar-refractivity contribution in [2.24, 2.45) is 0 Å². The van der Waals surface area contributed by atoms with Crippen LogP contribution in [0.15, 0.2) is 0 Å². The van der Waals surface area contributed by atoms with Gasteiger partial charge in [0.1, 0.15) is 0 Å². The van der Waals surface area contributed by atoms with Crippen molar-refractivity contribution in [2.75, 3.05) is 17.3 Å². The highest BCUT2D eigenvalue weighted by Gasteiger charge is 2.44. The molecule has 1 heterocycles. The van der Waals surface area contributed by atoms with Gasteiger partial charge in [-0.2, -0.15) is 0 Å². The van der Waals surface area contributed by atoms with Crippen LogP contribution in [0.4, 0.5) is 0 Å². The number of hydrogen-bond donors (Lipinski definition) is 0. The van der Waals surface area contributed by atoms with Gasteiger partial charge in [-0.1, -0.05) is 31.9 Å². The zero-order valence-electron chi connectivity index (χ0n) is 8.11. The van der Waals surface area contributed by atoms with Crippen LogP contribution in [-0.2, 0) is 9.47 Å². The van der Waals surface area contributed by atoms with Crippen molar-refractivity contribution < 1.29 is 9.47 Å². The van der Waals surface area contributed by atoms with Crippen LogP contribution in [0.3, 0.4) is 0 Å². The van der Waals surface area contributed by atoms with Crippen LogP contribution < -0.4 is 0 Å². The second kappa shape index (κ2) is 4.60. The average molecular weight is 316 g/mol. The van der Waals surface area contributed by atoms with E-state index in [-0.39, 0.29) is 5.60 Å². The lowest BCUT2D eigenvalue weighted by atomic mass is 9.99. The molecule has 1 aliphatic rings. The van der Waals surface area contributed by atoms with E-state index in [1.807, 2.05) is 13.8 Å². The summed E-state index contributed by atoms with van der Waals surface area (Å²) in [5, 5.41) is 1.92. The van der Waals surface area contributed by atoms with Gasteiger partial charge in [0.15, 0.2) is 5.79 Å². The molecule has 13 heavy (non-hydrogen) atoms. The first-order valence-corrected chi connectivity index (χ1v) is 6.74. The third-order valence-electron chi connectivity index (χ3n) is 2.25. The van der Waals surface area contributed by atoms with Crippen LogP contribution in [0, 0.1) is 0 Å². The van der Waals surface area contributed by atoms with E-state index in [9.17, 15) is 0 Å². The first-order valence-electron chi connectivity index (χ1n) is 4.50. The molecule has 0 aromatic rings. The number of alkyl halides is 2. The summed E-state index contributed by atoms with van der Waals surface area (Å²) in [5.74, 6) is -0.412. The second-order valence-corrected chi connectivity index (χ2v) is 5.44. The van der Waals surface area contributed by atoms with Crippen molar-refractivity contribution in [3.05, 3.63) is 0 Å². The van der Waals surface area contributed by atoms with Crippen molar-refractivity contribution in [3.63, 3.8) is 0 Å². The molecule has 1 aliphatic heterocycles. The second-order valence-electron chi connectivity index (χ2n) is 3.85. The summed E-state index contributed by atoms with van der Waals surface area (Å²) in [6.07, 6.45) is 2.00. The maximum absolute atomic E-state index is 5.94. The molecule has 0 aromatic carbocycles. The highest BCUT2D eigenvalue weighted by Crippen LogP contribution is 2.36. The average Bonchev–Trinajstić information content (AvgIpc) is 2.28. The maximum Gasteiger partial charge on any atom is 0.163 e. The van der Waals surface area contributed by atoms with Gasteiger partial charge in [0.2, 0.25) is 0 Å². The van der Waals surface area contributed by atoms with Crippen LogP contribution in [-0.4, -0.2) is 28.7 Å². The number of hydrogen-bond acceptors (Lipinski definition) is 2. The predicted molar refractivity (Wildman–Crippen MR) is 60.7 cm³/mol. The summed E-state index contributed by atoms with van der Waals surface area (Å²) >= 11 is 6.90. The van der Waals surface area contributed by atoms with Gasteiger partial charge in [0.05, 0.1) is 12.2 Å². The molecule has 0 bridgehead atoms. The van der Waals surface area contributed by atoms with Crippen LogP contribution in [0.25, 0.3) is 0 Å². The van der Waals surface area contributed by atoms with Crippen LogP contribution in [0.5, 0.6) is 0 Å². The van der Waals surface area contributed by atoms with E-state index in [0.717, 1.165) is 23.5 Å². The van der Waals surface area contributed by atoms with E-state index >= 15 is 0 Å². The largest absolute Gasteiger partial charge is 0.347 e. The molecule has 0 unspecified atom stereocenters. The molecule has 0 aromatic heterocycles. The summed E-state index contributed by atoms with van der Waals surface area (Å²) in [7, 11) is 0. The zero-order valence-corrected chi connectivity index (χ0v) is 11.3. The molecule has 0 spiro atoms. The van der Waals surface area contributed by atoms with Gasteiger partial charge < -0.3 is 9.47 Å². The Kier molecular flexibility index (Phi) is 4.23. The molecular formula is C9H16Br2O2. The summed E-state index contributed by atoms with van der Waals surface area (Å²) in [5.41, 5.74) is -0.0868. The lowest BCUT2D eigenvalue weighted by molar-refractivity contribution is -0.161. The molecule has 2 nitrogen and oxygen atoms in total. The topological polar surface area (TPSA) is 18.5 Å². The molecule has 0 atom stereocenters. The fourth-order valence-electron chi connectivity index (χ4n) is 1.60. The highest BCUT2D eigenvalue weighted by atomic mass is 79.9. The van der Waals surface area contributed by atoms with Gasteiger partial charge >= 0.3 is 0 Å². The van der Waals surface area contributed by atoms with Crippen molar-refractivity contribution in [3.8, 4) is 0 Å². The summed E-state index contributed by atoms with van der Waals surface area (Å²) in [4.78, 5) is 0. The standard InChI is InChI=1S/C9H16Br2O2/c1-8(2)12-7-9(13-8,3-5-10)4-6-11/h3-7H2,1-2H3. The lowest BCUT2D eigenvalue weighted by Gasteiger charge is -2.27. The van der Waals surface area contributed by atoms with Crippen LogP contribution in [0.1, 0.15) is 26.7 Å². The van der Waals surface area contributed by atoms with Gasteiger partial charge in [-0.25, -0.2) is 0 Å². The molecule has 0 radical (unpaired) electrons. The molecule has 0 amide bonds. The van der Waals surface area contributed by atoms with E-state index < -0.39 is 5.79 Å². The summed E-state index contributed by atoms with van der Waals surface area (Å²) in [6.45, 7) is 4.64. The third kappa shape index (κ3) is 3.18. The van der Waals surface area contributed by atoms with Gasteiger partial charge in [0, 0.05) is 10.7 Å². The normalized spacial score (nSPS) is 24.9. The quantitative estimate of drug-likeness (QED) is 0.742. The zero-order chi connectivity index (χ0) is 9.95. The van der Waals surface area contributed by atoms with Gasteiger partial charge in [0.25, 0.3) is 0 Å². The number of halogens is 2. The Hall–Kier alpha value is 0.880. The summed E-state index contributed by atoms with van der Waals surface area (Å²) in [6, 6.07) is 0. The Labute approximate surface area is 96.6 Å². The fourth-order valence-corrected chi connectivity index (χ4v) is 3.05. The Balaban J connectivity index is 2.59. The van der Waals surface area contributed by atoms with E-state index in [1.165, 1.54) is 0 Å². The Morgan fingerprint density at radius 2 is 1.69 bits per heavy atom. The van der Waals surface area contributed by atoms with E-state index in [1.54, 1.807) is 0 Å². The van der Waals surface area contributed by atoms with Crippen molar-refractivity contribution in [2.45, 2.75) is 38.1 Å². The molecule has 1 saturated heterocycles. The molecule has 4 heteroatoms. The molecular weight excluding hydrogens is 300 g/mol. The maximum atomic E-state index is 5.94. The van der Waals surface area contributed by atoms with Crippen LogP contribution >= 0.6 is 31.9 Å². The Bertz CT molecular complexity index is 165. The molecule has 0 N–H and O–H groups in total. The van der Waals surface area contributed by atoms with Gasteiger partial charge in [-0.15, -0.1) is 0 Å². The first kappa shape index (κ1) is 12.0. The van der Waals surface area contributed by atoms with Gasteiger partial charge in [-0.05, 0) is 26.7 Å². The fraction of sp³-hybridized carbons (Fsp3) is 1.00. The molecule has 0 saturated carbocycles.